The molecule has 0 unspecified atom stereocenters. The fourth-order valence-corrected chi connectivity index (χ4v) is 2.15. The molecule has 2 rings (SSSR count). The Morgan fingerprint density at radius 2 is 1.78 bits per heavy atom. The summed E-state index contributed by atoms with van der Waals surface area (Å²) in [6.45, 7) is 3.81. The van der Waals surface area contributed by atoms with E-state index in [4.69, 9.17) is 17.3 Å². The molecule has 23 heavy (non-hydrogen) atoms. The lowest BCUT2D eigenvalue weighted by molar-refractivity contribution is -0.114. The van der Waals surface area contributed by atoms with Gasteiger partial charge in [-0.1, -0.05) is 17.7 Å². The van der Waals surface area contributed by atoms with Gasteiger partial charge in [0.25, 0.3) is 5.91 Å². The standard InChI is InChI=1S/C17H18ClN3O2/c1-10-3-4-12(7-11(10)2)17(23)21-15-8-13(5-6-14(15)18)20-16(22)9-19/h3-8H,9,19H2,1-2H3,(H,20,22)(H,21,23). The summed E-state index contributed by atoms with van der Waals surface area (Å²) >= 11 is 6.10. The quantitative estimate of drug-likeness (QED) is 0.804. The van der Waals surface area contributed by atoms with Crippen LogP contribution in [0.1, 0.15) is 21.5 Å². The van der Waals surface area contributed by atoms with E-state index in [1.165, 1.54) is 0 Å². The fourth-order valence-electron chi connectivity index (χ4n) is 1.99. The van der Waals surface area contributed by atoms with E-state index in [9.17, 15) is 9.59 Å². The fraction of sp³-hybridized carbons (Fsp3) is 0.176. The first-order valence-corrected chi connectivity index (χ1v) is 7.46. The number of hydrogen-bond donors (Lipinski definition) is 3. The molecule has 0 saturated heterocycles. The average molecular weight is 332 g/mol. The first-order valence-electron chi connectivity index (χ1n) is 7.09. The minimum absolute atomic E-state index is 0.118. The molecule has 2 aromatic rings. The zero-order chi connectivity index (χ0) is 17.0. The summed E-state index contributed by atoms with van der Waals surface area (Å²) in [6.07, 6.45) is 0. The topological polar surface area (TPSA) is 84.2 Å². The first kappa shape index (κ1) is 17.0. The second kappa shape index (κ2) is 7.26. The van der Waals surface area contributed by atoms with E-state index in [-0.39, 0.29) is 18.4 Å². The van der Waals surface area contributed by atoms with Gasteiger partial charge in [-0.15, -0.1) is 0 Å². The van der Waals surface area contributed by atoms with Gasteiger partial charge in [0.05, 0.1) is 17.3 Å². The van der Waals surface area contributed by atoms with Crippen LogP contribution in [0.15, 0.2) is 36.4 Å². The maximum atomic E-state index is 12.3. The van der Waals surface area contributed by atoms with Crippen LogP contribution in [0.25, 0.3) is 0 Å². The lowest BCUT2D eigenvalue weighted by atomic mass is 10.1. The van der Waals surface area contributed by atoms with Crippen LogP contribution in [-0.2, 0) is 4.79 Å². The zero-order valence-corrected chi connectivity index (χ0v) is 13.7. The number of aryl methyl sites for hydroxylation is 2. The SMILES string of the molecule is Cc1ccc(C(=O)Nc2cc(NC(=O)CN)ccc2Cl)cc1C. The van der Waals surface area contributed by atoms with Crippen molar-refractivity contribution >= 4 is 34.8 Å². The van der Waals surface area contributed by atoms with Gasteiger partial charge in [-0.2, -0.15) is 0 Å². The predicted octanol–water partition coefficient (Wildman–Crippen LogP) is 3.11. The summed E-state index contributed by atoms with van der Waals surface area (Å²) in [7, 11) is 0. The van der Waals surface area contributed by atoms with Gasteiger partial charge < -0.3 is 16.4 Å². The molecular formula is C17H18ClN3O2. The second-order valence-electron chi connectivity index (χ2n) is 5.20. The van der Waals surface area contributed by atoms with Gasteiger partial charge in [-0.3, -0.25) is 9.59 Å². The van der Waals surface area contributed by atoms with Crippen molar-refractivity contribution in [1.29, 1.82) is 0 Å². The van der Waals surface area contributed by atoms with Crippen LogP contribution in [-0.4, -0.2) is 18.4 Å². The summed E-state index contributed by atoms with van der Waals surface area (Å²) in [5, 5.41) is 5.75. The summed E-state index contributed by atoms with van der Waals surface area (Å²) in [5.74, 6) is -0.587. The van der Waals surface area contributed by atoms with Crippen LogP contribution in [0.3, 0.4) is 0 Å². The molecular weight excluding hydrogens is 314 g/mol. The van der Waals surface area contributed by atoms with E-state index in [0.29, 0.717) is 22.0 Å². The number of nitrogens with one attached hydrogen (secondary N) is 2. The van der Waals surface area contributed by atoms with Gasteiger partial charge in [0.2, 0.25) is 5.91 Å². The monoisotopic (exact) mass is 331 g/mol. The van der Waals surface area contributed by atoms with E-state index in [1.807, 2.05) is 26.0 Å². The van der Waals surface area contributed by atoms with Crippen LogP contribution in [0, 0.1) is 13.8 Å². The average Bonchev–Trinajstić information content (AvgIpc) is 2.53. The molecule has 0 heterocycles. The highest BCUT2D eigenvalue weighted by Gasteiger charge is 2.11. The van der Waals surface area contributed by atoms with Gasteiger partial charge in [0.1, 0.15) is 0 Å². The van der Waals surface area contributed by atoms with Crippen molar-refractivity contribution in [2.24, 2.45) is 5.73 Å². The highest BCUT2D eigenvalue weighted by molar-refractivity contribution is 6.34. The Kier molecular flexibility index (Phi) is 5.36. The van der Waals surface area contributed by atoms with Gasteiger partial charge in [0.15, 0.2) is 0 Å². The maximum absolute atomic E-state index is 12.3. The molecule has 0 aliphatic heterocycles. The van der Waals surface area contributed by atoms with Crippen LogP contribution in [0.2, 0.25) is 5.02 Å². The minimum atomic E-state index is -0.321. The Hall–Kier alpha value is -2.37. The molecule has 0 atom stereocenters. The predicted molar refractivity (Wildman–Crippen MR) is 93.0 cm³/mol. The number of benzene rings is 2. The third-order valence-corrected chi connectivity index (χ3v) is 3.78. The molecule has 6 heteroatoms. The third-order valence-electron chi connectivity index (χ3n) is 3.45. The van der Waals surface area contributed by atoms with Crippen molar-refractivity contribution in [2.45, 2.75) is 13.8 Å². The molecule has 0 fully saturated rings. The molecule has 0 saturated carbocycles. The van der Waals surface area contributed by atoms with Gasteiger partial charge in [-0.25, -0.2) is 0 Å². The highest BCUT2D eigenvalue weighted by Crippen LogP contribution is 2.26. The van der Waals surface area contributed by atoms with E-state index >= 15 is 0 Å². The molecule has 0 spiro atoms. The molecule has 5 nitrogen and oxygen atoms in total. The van der Waals surface area contributed by atoms with Crippen molar-refractivity contribution in [3.8, 4) is 0 Å². The Bertz CT molecular complexity index is 759. The Morgan fingerprint density at radius 3 is 2.43 bits per heavy atom. The Morgan fingerprint density at radius 1 is 1.04 bits per heavy atom. The number of rotatable bonds is 4. The number of nitrogens with two attached hydrogens (primary N) is 1. The first-order chi connectivity index (χ1) is 10.9. The summed E-state index contributed by atoms with van der Waals surface area (Å²) in [6, 6.07) is 10.3. The van der Waals surface area contributed by atoms with Crippen molar-refractivity contribution in [3.05, 3.63) is 58.1 Å². The number of carbonyl (C=O) groups excluding carboxylic acids is 2. The van der Waals surface area contributed by atoms with E-state index in [1.54, 1.807) is 24.3 Å². The zero-order valence-electron chi connectivity index (χ0n) is 12.9. The molecule has 0 radical (unpaired) electrons. The molecule has 2 aromatic carbocycles. The van der Waals surface area contributed by atoms with E-state index in [0.717, 1.165) is 11.1 Å². The molecule has 120 valence electrons. The molecule has 0 bridgehead atoms. The molecule has 0 aromatic heterocycles. The van der Waals surface area contributed by atoms with Crippen molar-refractivity contribution < 1.29 is 9.59 Å². The van der Waals surface area contributed by atoms with Gasteiger partial charge in [0, 0.05) is 11.3 Å². The van der Waals surface area contributed by atoms with Crippen LogP contribution < -0.4 is 16.4 Å². The van der Waals surface area contributed by atoms with Gasteiger partial charge >= 0.3 is 0 Å². The molecule has 0 aliphatic rings. The second-order valence-corrected chi connectivity index (χ2v) is 5.61. The normalized spacial score (nSPS) is 10.3. The summed E-state index contributed by atoms with van der Waals surface area (Å²) in [4.78, 5) is 23.7. The summed E-state index contributed by atoms with van der Waals surface area (Å²) < 4.78 is 0. The third kappa shape index (κ3) is 4.31. The van der Waals surface area contributed by atoms with E-state index in [2.05, 4.69) is 10.6 Å². The van der Waals surface area contributed by atoms with Gasteiger partial charge in [-0.05, 0) is 55.3 Å². The number of carbonyl (C=O) groups is 2. The minimum Gasteiger partial charge on any atom is -0.325 e. The number of hydrogen-bond acceptors (Lipinski definition) is 3. The molecule has 0 aliphatic carbocycles. The highest BCUT2D eigenvalue weighted by atomic mass is 35.5. The van der Waals surface area contributed by atoms with E-state index < -0.39 is 0 Å². The number of amides is 2. The van der Waals surface area contributed by atoms with Crippen molar-refractivity contribution in [1.82, 2.24) is 0 Å². The van der Waals surface area contributed by atoms with Crippen LogP contribution in [0.5, 0.6) is 0 Å². The Balaban J connectivity index is 2.21. The summed E-state index contributed by atoms with van der Waals surface area (Å²) in [5.41, 5.74) is 8.89. The molecule has 4 N–H and O–H groups in total. The number of halogens is 1. The molecule has 2 amide bonds. The maximum Gasteiger partial charge on any atom is 0.255 e. The lowest BCUT2D eigenvalue weighted by Gasteiger charge is -2.11. The van der Waals surface area contributed by atoms with Crippen molar-refractivity contribution in [2.75, 3.05) is 17.2 Å². The largest absolute Gasteiger partial charge is 0.325 e. The lowest BCUT2D eigenvalue weighted by Crippen LogP contribution is -2.22. The van der Waals surface area contributed by atoms with Crippen LogP contribution >= 0.6 is 11.6 Å². The smallest absolute Gasteiger partial charge is 0.255 e. The van der Waals surface area contributed by atoms with Crippen LogP contribution in [0.4, 0.5) is 11.4 Å². The van der Waals surface area contributed by atoms with Crippen molar-refractivity contribution in [3.63, 3.8) is 0 Å². The Labute approximate surface area is 139 Å². The number of anilines is 2.